The molecule has 0 saturated carbocycles. The highest BCUT2D eigenvalue weighted by molar-refractivity contribution is 6.33. The fourth-order valence-electron chi connectivity index (χ4n) is 4.27. The summed E-state index contributed by atoms with van der Waals surface area (Å²) >= 11 is 6.34. The monoisotopic (exact) mass is 321 g/mol. The SMILES string of the molecule is CC(C)[C@@H]1C(C)N(C)C1N1CCN(c2ccccc2Cl)CC1. The summed E-state index contributed by atoms with van der Waals surface area (Å²) < 4.78 is 0. The molecule has 22 heavy (non-hydrogen) atoms. The van der Waals surface area contributed by atoms with Crippen molar-refractivity contribution in [2.45, 2.75) is 33.0 Å². The number of halogens is 1. The summed E-state index contributed by atoms with van der Waals surface area (Å²) in [5, 5.41) is 0.866. The second-order valence-electron chi connectivity index (χ2n) is 7.12. The lowest BCUT2D eigenvalue weighted by Crippen LogP contribution is -2.70. The van der Waals surface area contributed by atoms with Crippen LogP contribution in [-0.2, 0) is 0 Å². The molecule has 3 nitrogen and oxygen atoms in total. The Balaban J connectivity index is 1.64. The van der Waals surface area contributed by atoms with E-state index in [-0.39, 0.29) is 0 Å². The number of benzene rings is 1. The Kier molecular flexibility index (Phi) is 4.67. The van der Waals surface area contributed by atoms with E-state index in [2.05, 4.69) is 54.7 Å². The van der Waals surface area contributed by atoms with Gasteiger partial charge in [-0.1, -0.05) is 37.6 Å². The number of likely N-dealkylation sites (tertiary alicyclic amines) is 1. The van der Waals surface area contributed by atoms with Crippen molar-refractivity contribution in [1.29, 1.82) is 0 Å². The summed E-state index contributed by atoms with van der Waals surface area (Å²) in [4.78, 5) is 7.62. The highest BCUT2D eigenvalue weighted by Gasteiger charge is 2.48. The fourth-order valence-corrected chi connectivity index (χ4v) is 4.52. The van der Waals surface area contributed by atoms with Gasteiger partial charge in [0.1, 0.15) is 0 Å². The van der Waals surface area contributed by atoms with Gasteiger partial charge >= 0.3 is 0 Å². The topological polar surface area (TPSA) is 9.72 Å². The Bertz CT molecular complexity index is 511. The van der Waals surface area contributed by atoms with Crippen molar-refractivity contribution in [3.05, 3.63) is 29.3 Å². The van der Waals surface area contributed by atoms with Crippen LogP contribution in [0.25, 0.3) is 0 Å². The van der Waals surface area contributed by atoms with E-state index < -0.39 is 0 Å². The van der Waals surface area contributed by atoms with Gasteiger partial charge < -0.3 is 4.90 Å². The molecule has 0 aliphatic carbocycles. The molecule has 1 aromatic rings. The molecular formula is C18H28ClN3. The third-order valence-corrected chi connectivity index (χ3v) is 5.93. The van der Waals surface area contributed by atoms with Crippen molar-refractivity contribution in [2.75, 3.05) is 38.1 Å². The first-order valence-corrected chi connectivity index (χ1v) is 8.84. The van der Waals surface area contributed by atoms with Gasteiger partial charge in [0.05, 0.1) is 16.9 Å². The average Bonchev–Trinajstić information content (AvgIpc) is 2.52. The maximum Gasteiger partial charge on any atom is 0.0670 e. The summed E-state index contributed by atoms with van der Waals surface area (Å²) in [6.45, 7) is 11.5. The predicted molar refractivity (Wildman–Crippen MR) is 94.6 cm³/mol. The zero-order valence-electron chi connectivity index (χ0n) is 14.2. The predicted octanol–water partition coefficient (Wildman–Crippen LogP) is 3.39. The lowest BCUT2D eigenvalue weighted by Gasteiger charge is -2.59. The Hall–Kier alpha value is -0.770. The summed E-state index contributed by atoms with van der Waals surface area (Å²) in [5.74, 6) is 1.54. The van der Waals surface area contributed by atoms with E-state index in [9.17, 15) is 0 Å². The van der Waals surface area contributed by atoms with Crippen LogP contribution in [0.1, 0.15) is 20.8 Å². The molecule has 3 atom stereocenters. The van der Waals surface area contributed by atoms with Crippen LogP contribution in [0.15, 0.2) is 24.3 Å². The zero-order chi connectivity index (χ0) is 15.9. The Labute approximate surface area is 139 Å². The normalized spacial score (nSPS) is 30.6. The summed E-state index contributed by atoms with van der Waals surface area (Å²) in [5.41, 5.74) is 1.18. The Morgan fingerprint density at radius 2 is 1.73 bits per heavy atom. The van der Waals surface area contributed by atoms with Crippen LogP contribution in [-0.4, -0.2) is 55.2 Å². The molecule has 2 aliphatic rings. The average molecular weight is 322 g/mol. The minimum Gasteiger partial charge on any atom is -0.368 e. The molecule has 2 saturated heterocycles. The molecule has 2 fully saturated rings. The lowest BCUT2D eigenvalue weighted by molar-refractivity contribution is -0.136. The van der Waals surface area contributed by atoms with Gasteiger partial charge in [-0.25, -0.2) is 0 Å². The summed E-state index contributed by atoms with van der Waals surface area (Å²) in [6, 6.07) is 8.89. The van der Waals surface area contributed by atoms with Crippen LogP contribution in [0.3, 0.4) is 0 Å². The van der Waals surface area contributed by atoms with E-state index in [1.807, 2.05) is 12.1 Å². The molecule has 0 bridgehead atoms. The lowest BCUT2D eigenvalue weighted by atomic mass is 9.77. The molecule has 0 N–H and O–H groups in total. The molecule has 2 heterocycles. The number of hydrogen-bond donors (Lipinski definition) is 0. The summed E-state index contributed by atoms with van der Waals surface area (Å²) in [6.07, 6.45) is 0.614. The van der Waals surface area contributed by atoms with Gasteiger partial charge in [0.25, 0.3) is 0 Å². The first-order valence-electron chi connectivity index (χ1n) is 8.46. The van der Waals surface area contributed by atoms with E-state index in [1.165, 1.54) is 5.69 Å². The highest BCUT2D eigenvalue weighted by Crippen LogP contribution is 2.39. The van der Waals surface area contributed by atoms with E-state index in [4.69, 9.17) is 11.6 Å². The second-order valence-corrected chi connectivity index (χ2v) is 7.52. The van der Waals surface area contributed by atoms with Gasteiger partial charge in [-0.3, -0.25) is 9.80 Å². The molecule has 0 amide bonds. The van der Waals surface area contributed by atoms with Crippen molar-refractivity contribution < 1.29 is 0 Å². The van der Waals surface area contributed by atoms with Crippen LogP contribution in [0.5, 0.6) is 0 Å². The molecule has 122 valence electrons. The highest BCUT2D eigenvalue weighted by atomic mass is 35.5. The van der Waals surface area contributed by atoms with Crippen molar-refractivity contribution in [3.63, 3.8) is 0 Å². The smallest absolute Gasteiger partial charge is 0.0670 e. The van der Waals surface area contributed by atoms with E-state index in [1.54, 1.807) is 0 Å². The molecule has 0 radical (unpaired) electrons. The number of hydrogen-bond acceptors (Lipinski definition) is 3. The maximum absolute atomic E-state index is 6.34. The standard InChI is InChI=1S/C18H28ClN3/c1-13(2)17-14(3)20(4)18(17)22-11-9-21(10-12-22)16-8-6-5-7-15(16)19/h5-8,13-14,17-18H,9-12H2,1-4H3/t14?,17-,18?/m1/s1. The van der Waals surface area contributed by atoms with Crippen molar-refractivity contribution in [3.8, 4) is 0 Å². The first kappa shape index (κ1) is 16.1. The molecular weight excluding hydrogens is 294 g/mol. The summed E-state index contributed by atoms with van der Waals surface area (Å²) in [7, 11) is 2.27. The van der Waals surface area contributed by atoms with Gasteiger partial charge in [-0.2, -0.15) is 0 Å². The van der Waals surface area contributed by atoms with Crippen LogP contribution >= 0.6 is 11.6 Å². The molecule has 0 aromatic heterocycles. The van der Waals surface area contributed by atoms with Crippen molar-refractivity contribution in [2.24, 2.45) is 11.8 Å². The second kappa shape index (κ2) is 6.38. The Morgan fingerprint density at radius 1 is 1.09 bits per heavy atom. The van der Waals surface area contributed by atoms with Crippen LogP contribution < -0.4 is 4.90 Å². The number of para-hydroxylation sites is 1. The third kappa shape index (κ3) is 2.75. The molecule has 2 unspecified atom stereocenters. The van der Waals surface area contributed by atoms with Gasteiger partial charge in [0.2, 0.25) is 0 Å². The number of piperazine rings is 1. The fraction of sp³-hybridized carbons (Fsp3) is 0.667. The van der Waals surface area contributed by atoms with Crippen molar-refractivity contribution in [1.82, 2.24) is 9.80 Å². The van der Waals surface area contributed by atoms with Gasteiger partial charge in [-0.15, -0.1) is 0 Å². The van der Waals surface area contributed by atoms with Gasteiger partial charge in [0.15, 0.2) is 0 Å². The zero-order valence-corrected chi connectivity index (χ0v) is 14.9. The number of rotatable bonds is 3. The van der Waals surface area contributed by atoms with E-state index in [0.717, 1.165) is 43.0 Å². The minimum atomic E-state index is 0.614. The molecule has 3 rings (SSSR count). The van der Waals surface area contributed by atoms with E-state index >= 15 is 0 Å². The van der Waals surface area contributed by atoms with E-state index in [0.29, 0.717) is 12.2 Å². The van der Waals surface area contributed by atoms with Gasteiger partial charge in [-0.05, 0) is 32.0 Å². The number of anilines is 1. The third-order valence-electron chi connectivity index (χ3n) is 5.61. The maximum atomic E-state index is 6.34. The largest absolute Gasteiger partial charge is 0.368 e. The quantitative estimate of drug-likeness (QED) is 0.845. The molecule has 1 aromatic carbocycles. The van der Waals surface area contributed by atoms with Crippen LogP contribution in [0, 0.1) is 11.8 Å². The molecule has 4 heteroatoms. The number of nitrogens with zero attached hydrogens (tertiary/aromatic N) is 3. The van der Waals surface area contributed by atoms with Crippen molar-refractivity contribution >= 4 is 17.3 Å². The minimum absolute atomic E-state index is 0.614. The molecule has 0 spiro atoms. The van der Waals surface area contributed by atoms with Crippen LogP contribution in [0.4, 0.5) is 5.69 Å². The molecule has 2 aliphatic heterocycles. The Morgan fingerprint density at radius 3 is 2.32 bits per heavy atom. The van der Waals surface area contributed by atoms with Crippen LogP contribution in [0.2, 0.25) is 5.02 Å². The van der Waals surface area contributed by atoms with Gasteiger partial charge in [0, 0.05) is 38.1 Å². The first-order chi connectivity index (χ1) is 10.5.